The quantitative estimate of drug-likeness (QED) is 0.775. The van der Waals surface area contributed by atoms with E-state index >= 15 is 0 Å². The lowest BCUT2D eigenvalue weighted by Gasteiger charge is -2.07. The molecule has 2 heterocycles. The van der Waals surface area contributed by atoms with Crippen molar-refractivity contribution in [2.45, 2.75) is 32.0 Å². The van der Waals surface area contributed by atoms with E-state index in [-0.39, 0.29) is 0 Å². The van der Waals surface area contributed by atoms with Crippen LogP contribution in [0.3, 0.4) is 0 Å². The predicted octanol–water partition coefficient (Wildman–Crippen LogP) is 3.34. The molecule has 21 heavy (non-hydrogen) atoms. The van der Waals surface area contributed by atoms with Gasteiger partial charge >= 0.3 is 0 Å². The monoisotopic (exact) mass is 277 g/mol. The van der Waals surface area contributed by atoms with E-state index in [2.05, 4.69) is 51.4 Å². The maximum Gasteiger partial charge on any atom is 0.0491 e. The molecule has 1 aliphatic rings. The number of fused-ring (bicyclic) bond motifs is 1. The summed E-state index contributed by atoms with van der Waals surface area (Å²) in [6.45, 7) is 1.85. The first-order valence-corrected chi connectivity index (χ1v) is 7.58. The summed E-state index contributed by atoms with van der Waals surface area (Å²) in [4.78, 5) is 4.18. The highest BCUT2D eigenvalue weighted by atomic mass is 15.0. The molecule has 0 atom stereocenters. The first kappa shape index (κ1) is 12.6. The topological polar surface area (TPSA) is 29.9 Å². The zero-order valence-electron chi connectivity index (χ0n) is 12.0. The Kier molecular flexibility index (Phi) is 3.20. The van der Waals surface area contributed by atoms with E-state index in [1.165, 1.54) is 34.9 Å². The summed E-state index contributed by atoms with van der Waals surface area (Å²) in [5, 5.41) is 4.88. The summed E-state index contributed by atoms with van der Waals surface area (Å²) in [6.07, 6.45) is 8.58. The van der Waals surface area contributed by atoms with Crippen molar-refractivity contribution >= 4 is 10.9 Å². The van der Waals surface area contributed by atoms with Crippen LogP contribution in [0.15, 0.2) is 55.0 Å². The highest BCUT2D eigenvalue weighted by molar-refractivity contribution is 5.81. The van der Waals surface area contributed by atoms with Gasteiger partial charge in [-0.15, -0.1) is 0 Å². The molecule has 3 aromatic rings. The van der Waals surface area contributed by atoms with Gasteiger partial charge in [0, 0.05) is 43.2 Å². The molecular weight excluding hydrogens is 258 g/mol. The average Bonchev–Trinajstić information content (AvgIpc) is 3.28. The number of nitrogens with zero attached hydrogens (tertiary/aromatic N) is 2. The summed E-state index contributed by atoms with van der Waals surface area (Å²) in [5.41, 5.74) is 3.89. The molecule has 4 rings (SSSR count). The fourth-order valence-electron chi connectivity index (χ4n) is 2.74. The standard InChI is InChI=1S/C18H19N3/c1-2-15(11-19-8-1)13-21-9-7-16-10-14(3-6-18(16)21)12-20-17-4-5-17/h1-3,6-11,17,20H,4-5,12-13H2. The number of hydrogen-bond donors (Lipinski definition) is 1. The molecule has 3 heteroatoms. The third-order valence-electron chi connectivity index (χ3n) is 4.08. The smallest absolute Gasteiger partial charge is 0.0491 e. The SMILES string of the molecule is c1cncc(Cn2ccc3cc(CNC4CC4)ccc32)c1. The van der Waals surface area contributed by atoms with Gasteiger partial charge in [0.15, 0.2) is 0 Å². The van der Waals surface area contributed by atoms with E-state index in [0.717, 1.165) is 19.1 Å². The molecular formula is C18H19N3. The van der Waals surface area contributed by atoms with Gasteiger partial charge in [-0.3, -0.25) is 4.98 Å². The lowest BCUT2D eigenvalue weighted by Crippen LogP contribution is -2.15. The normalized spacial score (nSPS) is 14.7. The van der Waals surface area contributed by atoms with Gasteiger partial charge in [-0.1, -0.05) is 12.1 Å². The van der Waals surface area contributed by atoms with Crippen LogP contribution in [0, 0.1) is 0 Å². The van der Waals surface area contributed by atoms with E-state index in [9.17, 15) is 0 Å². The Balaban J connectivity index is 1.56. The first-order chi connectivity index (χ1) is 10.4. The minimum atomic E-state index is 0.760. The van der Waals surface area contributed by atoms with Gasteiger partial charge in [0.05, 0.1) is 0 Å². The molecule has 106 valence electrons. The minimum absolute atomic E-state index is 0.760. The Bertz CT molecular complexity index is 742. The number of hydrogen-bond acceptors (Lipinski definition) is 2. The molecule has 0 spiro atoms. The van der Waals surface area contributed by atoms with E-state index < -0.39 is 0 Å². The summed E-state index contributed by atoms with van der Waals surface area (Å²) in [5.74, 6) is 0. The number of rotatable bonds is 5. The molecule has 1 N–H and O–H groups in total. The molecule has 2 aromatic heterocycles. The zero-order chi connectivity index (χ0) is 14.1. The minimum Gasteiger partial charge on any atom is -0.343 e. The van der Waals surface area contributed by atoms with Crippen LogP contribution in [0.5, 0.6) is 0 Å². The van der Waals surface area contributed by atoms with Gasteiger partial charge in [-0.05, 0) is 53.6 Å². The summed E-state index contributed by atoms with van der Waals surface area (Å²) in [7, 11) is 0. The first-order valence-electron chi connectivity index (χ1n) is 7.58. The summed E-state index contributed by atoms with van der Waals surface area (Å²) >= 11 is 0. The summed E-state index contributed by atoms with van der Waals surface area (Å²) in [6, 6.07) is 13.8. The maximum atomic E-state index is 4.18. The van der Waals surface area contributed by atoms with Crippen molar-refractivity contribution in [3.63, 3.8) is 0 Å². The maximum absolute atomic E-state index is 4.18. The second kappa shape index (κ2) is 5.34. The second-order valence-electron chi connectivity index (χ2n) is 5.85. The Labute approximate surface area is 124 Å². The van der Waals surface area contributed by atoms with Crippen molar-refractivity contribution in [3.8, 4) is 0 Å². The Morgan fingerprint density at radius 2 is 2.10 bits per heavy atom. The molecule has 0 bridgehead atoms. The van der Waals surface area contributed by atoms with Crippen LogP contribution < -0.4 is 5.32 Å². The van der Waals surface area contributed by atoms with Crippen molar-refractivity contribution in [1.82, 2.24) is 14.9 Å². The van der Waals surface area contributed by atoms with Gasteiger partial charge in [0.2, 0.25) is 0 Å². The molecule has 1 saturated carbocycles. The third kappa shape index (κ3) is 2.83. The van der Waals surface area contributed by atoms with E-state index in [1.54, 1.807) is 0 Å². The number of pyridine rings is 1. The van der Waals surface area contributed by atoms with E-state index in [4.69, 9.17) is 0 Å². The van der Waals surface area contributed by atoms with Crippen molar-refractivity contribution in [1.29, 1.82) is 0 Å². The largest absolute Gasteiger partial charge is 0.343 e. The van der Waals surface area contributed by atoms with Gasteiger partial charge < -0.3 is 9.88 Å². The van der Waals surface area contributed by atoms with Crippen LogP contribution in [0.2, 0.25) is 0 Å². The van der Waals surface area contributed by atoms with Gasteiger partial charge in [-0.25, -0.2) is 0 Å². The molecule has 1 aromatic carbocycles. The Hall–Kier alpha value is -2.13. The lowest BCUT2D eigenvalue weighted by atomic mass is 10.1. The second-order valence-corrected chi connectivity index (χ2v) is 5.85. The highest BCUT2D eigenvalue weighted by Gasteiger charge is 2.19. The molecule has 0 aliphatic heterocycles. The van der Waals surface area contributed by atoms with Crippen LogP contribution in [0.1, 0.15) is 24.0 Å². The fourth-order valence-corrected chi connectivity index (χ4v) is 2.74. The van der Waals surface area contributed by atoms with Gasteiger partial charge in [-0.2, -0.15) is 0 Å². The molecule has 0 amide bonds. The van der Waals surface area contributed by atoms with Crippen LogP contribution in [-0.2, 0) is 13.1 Å². The van der Waals surface area contributed by atoms with Crippen molar-refractivity contribution in [2.75, 3.05) is 0 Å². The van der Waals surface area contributed by atoms with E-state index in [1.807, 2.05) is 18.5 Å². The molecule has 1 fully saturated rings. The molecule has 0 saturated heterocycles. The van der Waals surface area contributed by atoms with Crippen LogP contribution in [-0.4, -0.2) is 15.6 Å². The number of benzene rings is 1. The van der Waals surface area contributed by atoms with Crippen LogP contribution in [0.25, 0.3) is 10.9 Å². The Morgan fingerprint density at radius 1 is 1.14 bits per heavy atom. The van der Waals surface area contributed by atoms with Crippen molar-refractivity contribution < 1.29 is 0 Å². The molecule has 0 unspecified atom stereocenters. The van der Waals surface area contributed by atoms with Crippen LogP contribution >= 0.6 is 0 Å². The molecule has 0 radical (unpaired) electrons. The van der Waals surface area contributed by atoms with E-state index in [0.29, 0.717) is 0 Å². The predicted molar refractivity (Wildman–Crippen MR) is 85.1 cm³/mol. The summed E-state index contributed by atoms with van der Waals surface area (Å²) < 4.78 is 2.28. The van der Waals surface area contributed by atoms with Gasteiger partial charge in [0.25, 0.3) is 0 Å². The zero-order valence-corrected chi connectivity index (χ0v) is 12.0. The molecule has 3 nitrogen and oxygen atoms in total. The highest BCUT2D eigenvalue weighted by Crippen LogP contribution is 2.21. The fraction of sp³-hybridized carbons (Fsp3) is 0.278. The van der Waals surface area contributed by atoms with Crippen molar-refractivity contribution in [3.05, 3.63) is 66.1 Å². The molecule has 1 aliphatic carbocycles. The number of aromatic nitrogens is 2. The third-order valence-corrected chi connectivity index (χ3v) is 4.08. The average molecular weight is 277 g/mol. The Morgan fingerprint density at radius 3 is 2.90 bits per heavy atom. The van der Waals surface area contributed by atoms with Crippen LogP contribution in [0.4, 0.5) is 0 Å². The van der Waals surface area contributed by atoms with Crippen molar-refractivity contribution in [2.24, 2.45) is 0 Å². The lowest BCUT2D eigenvalue weighted by molar-refractivity contribution is 0.688. The number of nitrogens with one attached hydrogen (secondary N) is 1. The van der Waals surface area contributed by atoms with Gasteiger partial charge in [0.1, 0.15) is 0 Å².